The van der Waals surface area contributed by atoms with Gasteiger partial charge in [-0.1, -0.05) is 26.0 Å². The van der Waals surface area contributed by atoms with Gasteiger partial charge in [0.15, 0.2) is 6.35 Å². The maximum Gasteiger partial charge on any atom is 0.184 e. The molecule has 15 heavy (non-hydrogen) atoms. The van der Waals surface area contributed by atoms with Gasteiger partial charge in [0.1, 0.15) is 0 Å². The molecule has 0 fully saturated rings. The molecular formula is C12H18N2O. The van der Waals surface area contributed by atoms with Crippen LogP contribution in [0.1, 0.15) is 30.9 Å². The Balaban J connectivity index is 2.33. The smallest absolute Gasteiger partial charge is 0.184 e. The lowest BCUT2D eigenvalue weighted by atomic mass is 9.99. The highest BCUT2D eigenvalue weighted by molar-refractivity contribution is 5.54. The first-order valence-electron chi connectivity index (χ1n) is 5.35. The zero-order valence-electron chi connectivity index (χ0n) is 9.49. The van der Waals surface area contributed by atoms with Crippen molar-refractivity contribution in [2.75, 3.05) is 12.4 Å². The van der Waals surface area contributed by atoms with Crippen molar-refractivity contribution in [1.29, 1.82) is 0 Å². The number of nitrogens with one attached hydrogen (secondary N) is 1. The van der Waals surface area contributed by atoms with Gasteiger partial charge < -0.3 is 10.4 Å². The van der Waals surface area contributed by atoms with E-state index in [1.165, 1.54) is 11.1 Å². The van der Waals surface area contributed by atoms with Gasteiger partial charge >= 0.3 is 0 Å². The molecule has 0 amide bonds. The zero-order valence-corrected chi connectivity index (χ0v) is 9.49. The van der Waals surface area contributed by atoms with E-state index >= 15 is 0 Å². The normalized spacial score (nSPS) is 21.3. The molecule has 3 heteroatoms. The molecule has 0 radical (unpaired) electrons. The second-order valence-corrected chi connectivity index (χ2v) is 4.50. The summed E-state index contributed by atoms with van der Waals surface area (Å²) in [5.41, 5.74) is 3.65. The number of hydrogen-bond acceptors (Lipinski definition) is 3. The van der Waals surface area contributed by atoms with Crippen LogP contribution in [-0.2, 0) is 6.54 Å². The van der Waals surface area contributed by atoms with Crippen LogP contribution in [0.2, 0.25) is 0 Å². The Kier molecular flexibility index (Phi) is 2.67. The first kappa shape index (κ1) is 10.5. The third-order valence-corrected chi connectivity index (χ3v) is 2.92. The zero-order chi connectivity index (χ0) is 11.0. The number of aliphatic hydroxyl groups excluding tert-OH is 1. The van der Waals surface area contributed by atoms with E-state index in [4.69, 9.17) is 0 Å². The van der Waals surface area contributed by atoms with Gasteiger partial charge in [-0.2, -0.15) is 0 Å². The van der Waals surface area contributed by atoms with Crippen LogP contribution in [0.5, 0.6) is 0 Å². The highest BCUT2D eigenvalue weighted by Gasteiger charge is 2.20. The Morgan fingerprint density at radius 3 is 2.87 bits per heavy atom. The SMILES string of the molecule is CC(C)c1ccc2c(c1)CN(C)C(O)N2. The van der Waals surface area contributed by atoms with Gasteiger partial charge in [-0.3, -0.25) is 4.90 Å². The van der Waals surface area contributed by atoms with Crippen molar-refractivity contribution in [3.8, 4) is 0 Å². The molecule has 1 aliphatic rings. The summed E-state index contributed by atoms with van der Waals surface area (Å²) in [7, 11) is 1.91. The number of hydrogen-bond donors (Lipinski definition) is 2. The van der Waals surface area contributed by atoms with Crippen molar-refractivity contribution in [2.24, 2.45) is 0 Å². The van der Waals surface area contributed by atoms with Gasteiger partial charge in [-0.25, -0.2) is 0 Å². The Hall–Kier alpha value is -1.06. The highest BCUT2D eigenvalue weighted by Crippen LogP contribution is 2.27. The van der Waals surface area contributed by atoms with Crippen LogP contribution >= 0.6 is 0 Å². The van der Waals surface area contributed by atoms with Crippen LogP contribution in [0, 0.1) is 0 Å². The number of aliphatic hydroxyl groups is 1. The van der Waals surface area contributed by atoms with Gasteiger partial charge in [-0.15, -0.1) is 0 Å². The predicted octanol–water partition coefficient (Wildman–Crippen LogP) is 1.94. The van der Waals surface area contributed by atoms with E-state index in [1.54, 1.807) is 0 Å². The molecule has 0 aromatic heterocycles. The fourth-order valence-electron chi connectivity index (χ4n) is 1.85. The summed E-state index contributed by atoms with van der Waals surface area (Å²) in [6.07, 6.45) is -0.567. The summed E-state index contributed by atoms with van der Waals surface area (Å²) in [5.74, 6) is 0.549. The maximum absolute atomic E-state index is 9.62. The van der Waals surface area contributed by atoms with Crippen molar-refractivity contribution in [3.63, 3.8) is 0 Å². The molecule has 82 valence electrons. The summed E-state index contributed by atoms with van der Waals surface area (Å²) >= 11 is 0. The molecule has 0 saturated heterocycles. The average molecular weight is 206 g/mol. The van der Waals surface area contributed by atoms with Crippen LogP contribution in [0.25, 0.3) is 0 Å². The number of anilines is 1. The molecule has 0 bridgehead atoms. The quantitative estimate of drug-likeness (QED) is 0.737. The standard InChI is InChI=1S/C12H18N2O/c1-8(2)9-4-5-11-10(6-9)7-14(3)12(15)13-11/h4-6,8,12-13,15H,7H2,1-3H3. The Morgan fingerprint density at radius 1 is 1.47 bits per heavy atom. The van der Waals surface area contributed by atoms with Gasteiger partial charge in [0, 0.05) is 12.2 Å². The van der Waals surface area contributed by atoms with Gasteiger partial charge in [-0.05, 0) is 30.2 Å². The molecular weight excluding hydrogens is 188 g/mol. The van der Waals surface area contributed by atoms with Gasteiger partial charge in [0.25, 0.3) is 0 Å². The average Bonchev–Trinajstić information content (AvgIpc) is 2.19. The molecule has 1 aromatic rings. The van der Waals surface area contributed by atoms with Gasteiger partial charge in [0.05, 0.1) is 0 Å². The van der Waals surface area contributed by atoms with Crippen molar-refractivity contribution < 1.29 is 5.11 Å². The summed E-state index contributed by atoms with van der Waals surface area (Å²) in [6.45, 7) is 5.18. The largest absolute Gasteiger partial charge is 0.361 e. The molecule has 1 unspecified atom stereocenters. The minimum atomic E-state index is -0.567. The van der Waals surface area contributed by atoms with Crippen LogP contribution in [0.4, 0.5) is 5.69 Å². The van der Waals surface area contributed by atoms with Crippen LogP contribution in [0.3, 0.4) is 0 Å². The van der Waals surface area contributed by atoms with E-state index < -0.39 is 6.35 Å². The molecule has 0 spiro atoms. The lowest BCUT2D eigenvalue weighted by Gasteiger charge is -2.32. The van der Waals surface area contributed by atoms with Crippen molar-refractivity contribution in [2.45, 2.75) is 32.7 Å². The summed E-state index contributed by atoms with van der Waals surface area (Å²) in [4.78, 5) is 1.88. The molecule has 2 rings (SSSR count). The fraction of sp³-hybridized carbons (Fsp3) is 0.500. The summed E-state index contributed by atoms with van der Waals surface area (Å²) < 4.78 is 0. The lowest BCUT2D eigenvalue weighted by molar-refractivity contribution is 0.0348. The third-order valence-electron chi connectivity index (χ3n) is 2.92. The van der Waals surface area contributed by atoms with E-state index in [0.717, 1.165) is 12.2 Å². The van der Waals surface area contributed by atoms with Crippen molar-refractivity contribution in [3.05, 3.63) is 29.3 Å². The van der Waals surface area contributed by atoms with E-state index in [9.17, 15) is 5.11 Å². The molecule has 1 atom stereocenters. The Morgan fingerprint density at radius 2 is 2.20 bits per heavy atom. The van der Waals surface area contributed by atoms with E-state index in [-0.39, 0.29) is 0 Å². The molecule has 1 aliphatic heterocycles. The highest BCUT2D eigenvalue weighted by atomic mass is 16.3. The number of rotatable bonds is 1. The van der Waals surface area contributed by atoms with Crippen LogP contribution in [-0.4, -0.2) is 23.4 Å². The summed E-state index contributed by atoms with van der Waals surface area (Å²) in [6, 6.07) is 6.39. The molecule has 2 N–H and O–H groups in total. The van der Waals surface area contributed by atoms with E-state index in [0.29, 0.717) is 5.92 Å². The molecule has 1 heterocycles. The minimum Gasteiger partial charge on any atom is -0.361 e. The first-order valence-corrected chi connectivity index (χ1v) is 5.35. The first-order chi connectivity index (χ1) is 7.08. The van der Waals surface area contributed by atoms with Crippen LogP contribution < -0.4 is 5.32 Å². The minimum absolute atomic E-state index is 0.549. The second-order valence-electron chi connectivity index (χ2n) is 4.50. The fourth-order valence-corrected chi connectivity index (χ4v) is 1.85. The van der Waals surface area contributed by atoms with Gasteiger partial charge in [0.2, 0.25) is 0 Å². The number of fused-ring (bicyclic) bond motifs is 1. The Labute approximate surface area is 90.7 Å². The third kappa shape index (κ3) is 1.98. The maximum atomic E-state index is 9.62. The number of nitrogens with zero attached hydrogens (tertiary/aromatic N) is 1. The van der Waals surface area contributed by atoms with Crippen LogP contribution in [0.15, 0.2) is 18.2 Å². The van der Waals surface area contributed by atoms with Crippen molar-refractivity contribution >= 4 is 5.69 Å². The molecule has 0 saturated carbocycles. The Bertz CT molecular complexity index is 363. The molecule has 0 aliphatic carbocycles. The molecule has 1 aromatic carbocycles. The monoisotopic (exact) mass is 206 g/mol. The van der Waals surface area contributed by atoms with Crippen molar-refractivity contribution in [1.82, 2.24) is 4.90 Å². The van der Waals surface area contributed by atoms with E-state index in [1.807, 2.05) is 11.9 Å². The second kappa shape index (κ2) is 3.83. The lowest BCUT2D eigenvalue weighted by Crippen LogP contribution is -2.41. The molecule has 3 nitrogen and oxygen atoms in total. The van der Waals surface area contributed by atoms with E-state index in [2.05, 4.69) is 37.4 Å². The predicted molar refractivity (Wildman–Crippen MR) is 61.6 cm³/mol. The summed E-state index contributed by atoms with van der Waals surface area (Å²) in [5, 5.41) is 12.7. The number of benzene rings is 1. The topological polar surface area (TPSA) is 35.5 Å².